The molecule has 0 aliphatic carbocycles. The molecule has 0 saturated carbocycles. The van der Waals surface area contributed by atoms with Crippen molar-refractivity contribution in [1.29, 1.82) is 0 Å². The first-order valence-electron chi connectivity index (χ1n) is 3.52. The minimum absolute atomic E-state index is 0.936. The van der Waals surface area contributed by atoms with Gasteiger partial charge in [-0.15, -0.1) is 0 Å². The van der Waals surface area contributed by atoms with Crippen LogP contribution in [0.25, 0.3) is 0 Å². The summed E-state index contributed by atoms with van der Waals surface area (Å²) in [5.41, 5.74) is 0.936. The molecule has 1 nitrogen and oxygen atoms in total. The molecule has 0 aromatic rings. The second kappa shape index (κ2) is 6.70. The average molecular weight is 147 g/mol. The van der Waals surface area contributed by atoms with Crippen LogP contribution < -0.4 is 5.32 Å². The SMILES string of the molecule is C#CNC(/C=C\C=C/C)=C/C. The predicted molar refractivity (Wildman–Crippen MR) is 49.7 cm³/mol. The Balaban J connectivity index is 4.01. The zero-order chi connectivity index (χ0) is 8.53. The topological polar surface area (TPSA) is 12.0 Å². The van der Waals surface area contributed by atoms with E-state index < -0.39 is 0 Å². The van der Waals surface area contributed by atoms with E-state index in [9.17, 15) is 0 Å². The molecule has 0 aromatic carbocycles. The molecule has 0 rings (SSSR count). The second-order valence-electron chi connectivity index (χ2n) is 1.90. The van der Waals surface area contributed by atoms with Crippen molar-refractivity contribution in [3.63, 3.8) is 0 Å². The van der Waals surface area contributed by atoms with Crippen molar-refractivity contribution in [2.75, 3.05) is 0 Å². The standard InChI is InChI=1S/C10H13N/c1-4-7-8-9-10(5-2)11-6-3/h3-5,7-9,11H,1-2H3/b7-4-,9-8-,10-5+. The van der Waals surface area contributed by atoms with Crippen LogP contribution >= 0.6 is 0 Å². The Labute approximate surface area is 68.5 Å². The maximum Gasteiger partial charge on any atom is 0.0416 e. The Morgan fingerprint density at radius 1 is 1.36 bits per heavy atom. The lowest BCUT2D eigenvalue weighted by molar-refractivity contribution is 1.15. The third kappa shape index (κ3) is 5.05. The molecule has 0 aliphatic heterocycles. The van der Waals surface area contributed by atoms with Gasteiger partial charge in [0.05, 0.1) is 0 Å². The summed E-state index contributed by atoms with van der Waals surface area (Å²) in [5.74, 6) is 0. The first-order valence-corrected chi connectivity index (χ1v) is 3.52. The third-order valence-electron chi connectivity index (χ3n) is 1.11. The molecule has 0 radical (unpaired) electrons. The highest BCUT2D eigenvalue weighted by atomic mass is 14.8. The molecule has 0 atom stereocenters. The first-order chi connectivity index (χ1) is 5.35. The van der Waals surface area contributed by atoms with E-state index in [4.69, 9.17) is 6.42 Å². The smallest absolute Gasteiger partial charge is 0.0416 e. The monoisotopic (exact) mass is 147 g/mol. The summed E-state index contributed by atoms with van der Waals surface area (Å²) in [6, 6.07) is 2.35. The van der Waals surface area contributed by atoms with Crippen LogP contribution in [0.5, 0.6) is 0 Å². The van der Waals surface area contributed by atoms with Crippen molar-refractivity contribution < 1.29 is 0 Å². The van der Waals surface area contributed by atoms with E-state index >= 15 is 0 Å². The van der Waals surface area contributed by atoms with E-state index in [1.165, 1.54) is 0 Å². The number of rotatable bonds is 3. The number of terminal acetylenes is 1. The Morgan fingerprint density at radius 3 is 2.55 bits per heavy atom. The summed E-state index contributed by atoms with van der Waals surface area (Å²) < 4.78 is 0. The van der Waals surface area contributed by atoms with Crippen LogP contribution in [0.3, 0.4) is 0 Å². The lowest BCUT2D eigenvalue weighted by atomic mass is 10.3. The molecular formula is C10H13N. The minimum Gasteiger partial charge on any atom is -0.316 e. The van der Waals surface area contributed by atoms with Gasteiger partial charge in [-0.25, -0.2) is 0 Å². The van der Waals surface area contributed by atoms with E-state index in [1.807, 2.05) is 44.2 Å². The van der Waals surface area contributed by atoms with Crippen LogP contribution in [0, 0.1) is 12.5 Å². The molecule has 0 amide bonds. The average Bonchev–Trinajstić information content (AvgIpc) is 2.03. The quantitative estimate of drug-likeness (QED) is 0.366. The number of hydrogen-bond acceptors (Lipinski definition) is 1. The molecular weight excluding hydrogens is 134 g/mol. The molecule has 58 valence electrons. The zero-order valence-corrected chi connectivity index (χ0v) is 6.96. The summed E-state index contributed by atoms with van der Waals surface area (Å²) >= 11 is 0. The van der Waals surface area contributed by atoms with Gasteiger partial charge in [0.15, 0.2) is 0 Å². The Morgan fingerprint density at radius 2 is 2.09 bits per heavy atom. The normalized spacial score (nSPS) is 12.3. The van der Waals surface area contributed by atoms with Crippen molar-refractivity contribution in [3.8, 4) is 12.5 Å². The molecule has 0 bridgehead atoms. The molecule has 0 aliphatic rings. The van der Waals surface area contributed by atoms with Crippen LogP contribution in [0.2, 0.25) is 0 Å². The second-order valence-corrected chi connectivity index (χ2v) is 1.90. The van der Waals surface area contributed by atoms with Crippen molar-refractivity contribution in [3.05, 3.63) is 36.1 Å². The van der Waals surface area contributed by atoms with Gasteiger partial charge < -0.3 is 5.32 Å². The number of allylic oxidation sites excluding steroid dienone is 5. The van der Waals surface area contributed by atoms with E-state index in [0.29, 0.717) is 0 Å². The molecule has 0 heterocycles. The van der Waals surface area contributed by atoms with Gasteiger partial charge in [-0.2, -0.15) is 0 Å². The highest BCUT2D eigenvalue weighted by molar-refractivity contribution is 5.22. The van der Waals surface area contributed by atoms with Crippen molar-refractivity contribution in [1.82, 2.24) is 5.32 Å². The fraction of sp³-hybridized carbons (Fsp3) is 0.200. The molecule has 1 heteroatoms. The highest BCUT2D eigenvalue weighted by Crippen LogP contribution is 1.90. The van der Waals surface area contributed by atoms with E-state index in [1.54, 1.807) is 0 Å². The molecule has 0 saturated heterocycles. The number of hydrogen-bond donors (Lipinski definition) is 1. The third-order valence-corrected chi connectivity index (χ3v) is 1.11. The van der Waals surface area contributed by atoms with Gasteiger partial charge in [-0.3, -0.25) is 0 Å². The zero-order valence-electron chi connectivity index (χ0n) is 6.96. The Kier molecular flexibility index (Phi) is 5.83. The fourth-order valence-corrected chi connectivity index (χ4v) is 0.564. The van der Waals surface area contributed by atoms with Crippen molar-refractivity contribution in [2.45, 2.75) is 13.8 Å². The van der Waals surface area contributed by atoms with E-state index in [0.717, 1.165) is 5.70 Å². The maximum atomic E-state index is 5.06. The van der Waals surface area contributed by atoms with Crippen molar-refractivity contribution >= 4 is 0 Å². The van der Waals surface area contributed by atoms with Gasteiger partial charge >= 0.3 is 0 Å². The van der Waals surface area contributed by atoms with Gasteiger partial charge in [-0.05, 0) is 19.9 Å². The Bertz CT molecular complexity index is 214. The molecule has 0 spiro atoms. The number of nitrogens with one attached hydrogen (secondary N) is 1. The first kappa shape index (κ1) is 9.58. The molecule has 11 heavy (non-hydrogen) atoms. The largest absolute Gasteiger partial charge is 0.316 e. The summed E-state index contributed by atoms with van der Waals surface area (Å²) in [6.45, 7) is 3.90. The lowest BCUT2D eigenvalue weighted by Gasteiger charge is -1.94. The van der Waals surface area contributed by atoms with Gasteiger partial charge in [0, 0.05) is 11.7 Å². The predicted octanol–water partition coefficient (Wildman–Crippen LogP) is 2.20. The van der Waals surface area contributed by atoms with Crippen LogP contribution in [0.1, 0.15) is 13.8 Å². The minimum atomic E-state index is 0.936. The summed E-state index contributed by atoms with van der Waals surface area (Å²) in [6.07, 6.45) is 14.7. The summed E-state index contributed by atoms with van der Waals surface area (Å²) in [5, 5.41) is 2.76. The van der Waals surface area contributed by atoms with E-state index in [2.05, 4.69) is 11.4 Å². The van der Waals surface area contributed by atoms with Gasteiger partial charge in [0.1, 0.15) is 0 Å². The van der Waals surface area contributed by atoms with Gasteiger partial charge in [0.25, 0.3) is 0 Å². The summed E-state index contributed by atoms with van der Waals surface area (Å²) in [7, 11) is 0. The van der Waals surface area contributed by atoms with Crippen LogP contribution in [-0.4, -0.2) is 0 Å². The van der Waals surface area contributed by atoms with Gasteiger partial charge in [0.2, 0.25) is 0 Å². The molecule has 0 unspecified atom stereocenters. The van der Waals surface area contributed by atoms with Crippen LogP contribution in [0.15, 0.2) is 36.1 Å². The molecule has 0 aromatic heterocycles. The van der Waals surface area contributed by atoms with E-state index in [-0.39, 0.29) is 0 Å². The maximum absolute atomic E-state index is 5.06. The fourth-order valence-electron chi connectivity index (χ4n) is 0.564. The van der Waals surface area contributed by atoms with Gasteiger partial charge in [-0.1, -0.05) is 30.7 Å². The lowest BCUT2D eigenvalue weighted by Crippen LogP contribution is -2.01. The molecule has 1 N–H and O–H groups in total. The Hall–Kier alpha value is -1.42. The summed E-state index contributed by atoms with van der Waals surface area (Å²) in [4.78, 5) is 0. The highest BCUT2D eigenvalue weighted by Gasteiger charge is 1.80. The molecule has 0 fully saturated rings. The van der Waals surface area contributed by atoms with Crippen molar-refractivity contribution in [2.24, 2.45) is 0 Å². The van der Waals surface area contributed by atoms with Crippen LogP contribution in [0.4, 0.5) is 0 Å². The van der Waals surface area contributed by atoms with Crippen LogP contribution in [-0.2, 0) is 0 Å².